The Morgan fingerprint density at radius 1 is 1.47 bits per heavy atom. The van der Waals surface area contributed by atoms with Crippen LogP contribution in [0.1, 0.15) is 34.8 Å². The van der Waals surface area contributed by atoms with Crippen molar-refractivity contribution in [2.75, 3.05) is 6.61 Å². The Morgan fingerprint density at radius 2 is 2.29 bits per heavy atom. The molecule has 1 aliphatic carbocycles. The number of hydrogen-bond donors (Lipinski definition) is 0. The molecule has 0 heterocycles. The smallest absolute Gasteiger partial charge is 0.309 e. The van der Waals surface area contributed by atoms with Crippen LogP contribution in [-0.2, 0) is 22.4 Å². The second-order valence-corrected chi connectivity index (χ2v) is 4.34. The number of esters is 1. The normalized spacial score (nSPS) is 18.3. The lowest BCUT2D eigenvalue weighted by atomic mass is 9.83. The Hall–Kier alpha value is -1.64. The van der Waals surface area contributed by atoms with Crippen LogP contribution in [0.4, 0.5) is 0 Å². The molecule has 0 saturated heterocycles. The number of carbonyl (C=O) groups is 2. The van der Waals surface area contributed by atoms with Crippen LogP contribution in [0.3, 0.4) is 0 Å². The lowest BCUT2D eigenvalue weighted by Gasteiger charge is -2.23. The number of fused-ring (bicyclic) bond motifs is 1. The third kappa shape index (κ3) is 2.54. The van der Waals surface area contributed by atoms with Gasteiger partial charge in [0.1, 0.15) is 6.29 Å². The number of hydrogen-bond acceptors (Lipinski definition) is 3. The van der Waals surface area contributed by atoms with Gasteiger partial charge < -0.3 is 4.74 Å². The molecule has 3 nitrogen and oxygen atoms in total. The van der Waals surface area contributed by atoms with Gasteiger partial charge in [-0.25, -0.2) is 0 Å². The van der Waals surface area contributed by atoms with Gasteiger partial charge in [0, 0.05) is 5.56 Å². The highest BCUT2D eigenvalue weighted by atomic mass is 16.5. The zero-order chi connectivity index (χ0) is 12.3. The summed E-state index contributed by atoms with van der Waals surface area (Å²) in [6.07, 6.45) is 3.25. The summed E-state index contributed by atoms with van der Waals surface area (Å²) < 4.78 is 5.05. The van der Waals surface area contributed by atoms with E-state index in [2.05, 4.69) is 0 Å². The second-order valence-electron chi connectivity index (χ2n) is 4.34. The van der Waals surface area contributed by atoms with E-state index in [4.69, 9.17) is 4.74 Å². The average molecular weight is 232 g/mol. The molecule has 0 bridgehead atoms. The molecule has 0 saturated carbocycles. The highest BCUT2D eigenvalue weighted by Crippen LogP contribution is 2.27. The van der Waals surface area contributed by atoms with Gasteiger partial charge in [-0.1, -0.05) is 12.1 Å². The van der Waals surface area contributed by atoms with Crippen molar-refractivity contribution >= 4 is 12.3 Å². The van der Waals surface area contributed by atoms with Crippen molar-refractivity contribution in [3.8, 4) is 0 Å². The van der Waals surface area contributed by atoms with Gasteiger partial charge in [0.2, 0.25) is 0 Å². The molecule has 0 fully saturated rings. The van der Waals surface area contributed by atoms with Gasteiger partial charge in [0.25, 0.3) is 0 Å². The van der Waals surface area contributed by atoms with Gasteiger partial charge >= 0.3 is 5.97 Å². The minimum Gasteiger partial charge on any atom is -0.466 e. The number of aldehydes is 1. The molecule has 17 heavy (non-hydrogen) atoms. The summed E-state index contributed by atoms with van der Waals surface area (Å²) in [7, 11) is 0. The maximum absolute atomic E-state index is 11.7. The van der Waals surface area contributed by atoms with Gasteiger partial charge in [-0.3, -0.25) is 9.59 Å². The molecule has 3 heteroatoms. The fourth-order valence-electron chi connectivity index (χ4n) is 2.31. The van der Waals surface area contributed by atoms with Crippen molar-refractivity contribution in [1.29, 1.82) is 0 Å². The van der Waals surface area contributed by atoms with Crippen molar-refractivity contribution in [1.82, 2.24) is 0 Å². The van der Waals surface area contributed by atoms with Gasteiger partial charge in [0.15, 0.2) is 0 Å². The highest BCUT2D eigenvalue weighted by Gasteiger charge is 2.25. The molecule has 0 spiro atoms. The first-order valence-electron chi connectivity index (χ1n) is 5.98. The predicted molar refractivity (Wildman–Crippen MR) is 64.0 cm³/mol. The molecule has 1 aliphatic rings. The third-order valence-electron chi connectivity index (χ3n) is 3.21. The standard InChI is InChI=1S/C14H16O3/c1-2-17-14(16)13-6-5-11-7-10(9-15)3-4-12(11)8-13/h3-4,7,9,13H,2,5-6,8H2,1H3/t13-/m0/s1. The van der Waals surface area contributed by atoms with Crippen LogP contribution in [0.25, 0.3) is 0 Å². The molecule has 1 aromatic carbocycles. The Balaban J connectivity index is 2.14. The van der Waals surface area contributed by atoms with Crippen LogP contribution in [0.15, 0.2) is 18.2 Å². The number of benzene rings is 1. The van der Waals surface area contributed by atoms with Gasteiger partial charge in [-0.15, -0.1) is 0 Å². The fraction of sp³-hybridized carbons (Fsp3) is 0.429. The molecular formula is C14H16O3. The molecule has 1 aromatic rings. The first kappa shape index (κ1) is 11.8. The maximum Gasteiger partial charge on any atom is 0.309 e. The average Bonchev–Trinajstić information content (AvgIpc) is 2.37. The Bertz CT molecular complexity index is 437. The monoisotopic (exact) mass is 232 g/mol. The summed E-state index contributed by atoms with van der Waals surface area (Å²) >= 11 is 0. The zero-order valence-electron chi connectivity index (χ0n) is 9.94. The summed E-state index contributed by atoms with van der Waals surface area (Å²) in [4.78, 5) is 22.3. The maximum atomic E-state index is 11.7. The molecule has 0 aromatic heterocycles. The molecule has 2 rings (SSSR count). The number of ether oxygens (including phenoxy) is 1. The van der Waals surface area contributed by atoms with Gasteiger partial charge in [-0.05, 0) is 43.4 Å². The van der Waals surface area contributed by atoms with E-state index in [1.165, 1.54) is 11.1 Å². The van der Waals surface area contributed by atoms with Crippen LogP contribution < -0.4 is 0 Å². The van der Waals surface area contributed by atoms with Gasteiger partial charge in [-0.2, -0.15) is 0 Å². The minimum atomic E-state index is -0.0994. The minimum absolute atomic E-state index is 0.0236. The fourth-order valence-corrected chi connectivity index (χ4v) is 2.31. The summed E-state index contributed by atoms with van der Waals surface area (Å²) in [6.45, 7) is 2.26. The molecular weight excluding hydrogens is 216 g/mol. The highest BCUT2D eigenvalue weighted by molar-refractivity contribution is 5.76. The SMILES string of the molecule is CCOC(=O)[C@H]1CCc2cc(C=O)ccc2C1. The van der Waals surface area contributed by atoms with E-state index in [1.54, 1.807) is 6.07 Å². The first-order chi connectivity index (χ1) is 8.24. The molecule has 90 valence electrons. The molecule has 0 aliphatic heterocycles. The topological polar surface area (TPSA) is 43.4 Å². The van der Waals surface area contributed by atoms with Crippen molar-refractivity contribution in [3.63, 3.8) is 0 Å². The number of rotatable bonds is 3. The molecule has 0 amide bonds. The Labute approximate surface area is 101 Å². The molecule has 1 atom stereocenters. The summed E-state index contributed by atoms with van der Waals surface area (Å²) in [5.41, 5.74) is 3.06. The van der Waals surface area contributed by atoms with E-state index in [1.807, 2.05) is 19.1 Å². The summed E-state index contributed by atoms with van der Waals surface area (Å²) in [5.74, 6) is -0.123. The van der Waals surface area contributed by atoms with Gasteiger partial charge in [0.05, 0.1) is 12.5 Å². The van der Waals surface area contributed by atoms with Crippen molar-refractivity contribution < 1.29 is 14.3 Å². The molecule has 0 radical (unpaired) electrons. The predicted octanol–water partition coefficient (Wildman–Crippen LogP) is 2.17. The van der Waals surface area contributed by atoms with E-state index >= 15 is 0 Å². The van der Waals surface area contributed by atoms with Crippen molar-refractivity contribution in [2.45, 2.75) is 26.2 Å². The van der Waals surface area contributed by atoms with Crippen LogP contribution in [0.5, 0.6) is 0 Å². The van der Waals surface area contributed by atoms with E-state index in [0.717, 1.165) is 25.5 Å². The molecule has 0 N–H and O–H groups in total. The second kappa shape index (κ2) is 5.13. The van der Waals surface area contributed by atoms with Crippen LogP contribution in [0.2, 0.25) is 0 Å². The zero-order valence-corrected chi connectivity index (χ0v) is 9.94. The van der Waals surface area contributed by atoms with Crippen LogP contribution in [0, 0.1) is 5.92 Å². The summed E-state index contributed by atoms with van der Waals surface area (Å²) in [5, 5.41) is 0. The Morgan fingerprint density at radius 3 is 3.00 bits per heavy atom. The van der Waals surface area contributed by atoms with E-state index < -0.39 is 0 Å². The third-order valence-corrected chi connectivity index (χ3v) is 3.21. The number of carbonyl (C=O) groups excluding carboxylic acids is 2. The Kier molecular flexibility index (Phi) is 3.57. The quantitative estimate of drug-likeness (QED) is 0.592. The largest absolute Gasteiger partial charge is 0.466 e. The van der Waals surface area contributed by atoms with E-state index in [9.17, 15) is 9.59 Å². The van der Waals surface area contributed by atoms with E-state index in [0.29, 0.717) is 12.2 Å². The van der Waals surface area contributed by atoms with E-state index in [-0.39, 0.29) is 11.9 Å². The summed E-state index contributed by atoms with van der Waals surface area (Å²) in [6, 6.07) is 5.67. The van der Waals surface area contributed by atoms with Crippen molar-refractivity contribution in [2.24, 2.45) is 5.92 Å². The lowest BCUT2D eigenvalue weighted by Crippen LogP contribution is -2.24. The van der Waals surface area contributed by atoms with Crippen LogP contribution >= 0.6 is 0 Å². The van der Waals surface area contributed by atoms with Crippen LogP contribution in [-0.4, -0.2) is 18.9 Å². The lowest BCUT2D eigenvalue weighted by molar-refractivity contribution is -0.148. The number of aryl methyl sites for hydroxylation is 1. The van der Waals surface area contributed by atoms with Crippen molar-refractivity contribution in [3.05, 3.63) is 34.9 Å². The first-order valence-corrected chi connectivity index (χ1v) is 5.98. The molecule has 0 unspecified atom stereocenters.